The van der Waals surface area contributed by atoms with Gasteiger partial charge in [0.25, 0.3) is 0 Å². The van der Waals surface area contributed by atoms with Gasteiger partial charge in [0.2, 0.25) is 5.91 Å². The number of carbonyl (C=O) groups is 1. The molecule has 0 atom stereocenters. The quantitative estimate of drug-likeness (QED) is 0.699. The highest BCUT2D eigenvalue weighted by molar-refractivity contribution is 5.90. The van der Waals surface area contributed by atoms with Gasteiger partial charge in [0.1, 0.15) is 11.6 Å². The van der Waals surface area contributed by atoms with Crippen LogP contribution in [-0.2, 0) is 4.79 Å². The molecule has 0 spiro atoms. The average molecular weight is 195 g/mol. The third kappa shape index (κ3) is 2.32. The van der Waals surface area contributed by atoms with Gasteiger partial charge in [-0.2, -0.15) is 0 Å². The van der Waals surface area contributed by atoms with Crippen molar-refractivity contribution >= 4 is 12.0 Å². The first-order chi connectivity index (χ1) is 6.50. The first-order valence-corrected chi connectivity index (χ1v) is 3.97. The molecule has 0 bridgehead atoms. The van der Waals surface area contributed by atoms with Crippen LogP contribution in [-0.4, -0.2) is 11.0 Å². The Balaban J connectivity index is 3.14. The summed E-state index contributed by atoms with van der Waals surface area (Å²) in [5, 5.41) is 9.46. The molecule has 0 aliphatic rings. The molecule has 0 aliphatic carbocycles. The molecule has 4 heteroatoms. The van der Waals surface area contributed by atoms with E-state index in [1.54, 1.807) is 6.92 Å². The lowest BCUT2D eigenvalue weighted by atomic mass is 10.1. The Labute approximate surface area is 80.7 Å². The summed E-state index contributed by atoms with van der Waals surface area (Å²) in [5.41, 5.74) is 5.51. The Kier molecular flexibility index (Phi) is 2.86. The lowest BCUT2D eigenvalue weighted by Gasteiger charge is -2.02. The third-order valence-electron chi connectivity index (χ3n) is 1.72. The molecule has 0 aromatic heterocycles. The number of phenolic OH excluding ortho intramolecular Hbond substituents is 1. The van der Waals surface area contributed by atoms with Gasteiger partial charge in [-0.1, -0.05) is 0 Å². The van der Waals surface area contributed by atoms with Crippen molar-refractivity contribution < 1.29 is 14.3 Å². The largest absolute Gasteiger partial charge is 0.507 e. The van der Waals surface area contributed by atoms with Crippen LogP contribution in [0.25, 0.3) is 6.08 Å². The molecule has 1 aromatic rings. The van der Waals surface area contributed by atoms with E-state index in [1.165, 1.54) is 12.1 Å². The predicted molar refractivity (Wildman–Crippen MR) is 51.0 cm³/mol. The SMILES string of the molecule is Cc1cc(F)cc(/C=C/C(N)=O)c1O. The maximum absolute atomic E-state index is 12.9. The highest BCUT2D eigenvalue weighted by Gasteiger charge is 2.04. The van der Waals surface area contributed by atoms with Crippen LogP contribution in [0.2, 0.25) is 0 Å². The van der Waals surface area contributed by atoms with Gasteiger partial charge in [-0.05, 0) is 30.7 Å². The van der Waals surface area contributed by atoms with E-state index in [9.17, 15) is 14.3 Å². The number of nitrogens with two attached hydrogens (primary N) is 1. The summed E-state index contributed by atoms with van der Waals surface area (Å²) in [5.74, 6) is -1.17. The van der Waals surface area contributed by atoms with Gasteiger partial charge in [0.05, 0.1) is 0 Å². The van der Waals surface area contributed by atoms with E-state index in [0.29, 0.717) is 5.56 Å². The zero-order valence-corrected chi connectivity index (χ0v) is 7.62. The van der Waals surface area contributed by atoms with Crippen molar-refractivity contribution in [1.29, 1.82) is 0 Å². The molecule has 0 fully saturated rings. The maximum Gasteiger partial charge on any atom is 0.241 e. The van der Waals surface area contributed by atoms with Gasteiger partial charge in [-0.3, -0.25) is 4.79 Å². The zero-order valence-electron chi connectivity index (χ0n) is 7.62. The monoisotopic (exact) mass is 195 g/mol. The molecule has 0 radical (unpaired) electrons. The number of primary amides is 1. The van der Waals surface area contributed by atoms with Crippen LogP contribution < -0.4 is 5.73 Å². The van der Waals surface area contributed by atoms with Crippen LogP contribution in [0.1, 0.15) is 11.1 Å². The van der Waals surface area contributed by atoms with Crippen molar-refractivity contribution in [3.63, 3.8) is 0 Å². The molecule has 0 heterocycles. The van der Waals surface area contributed by atoms with Gasteiger partial charge >= 0.3 is 0 Å². The Bertz CT molecular complexity index is 399. The number of hydrogen-bond acceptors (Lipinski definition) is 2. The molecule has 1 amide bonds. The highest BCUT2D eigenvalue weighted by Crippen LogP contribution is 2.24. The van der Waals surface area contributed by atoms with Crippen LogP contribution in [0.5, 0.6) is 5.75 Å². The first-order valence-electron chi connectivity index (χ1n) is 3.97. The molecule has 0 saturated carbocycles. The van der Waals surface area contributed by atoms with Crippen LogP contribution in [0, 0.1) is 12.7 Å². The van der Waals surface area contributed by atoms with E-state index < -0.39 is 11.7 Å². The second kappa shape index (κ2) is 3.91. The van der Waals surface area contributed by atoms with Gasteiger partial charge in [-0.15, -0.1) is 0 Å². The van der Waals surface area contributed by atoms with Crippen molar-refractivity contribution in [2.45, 2.75) is 6.92 Å². The zero-order chi connectivity index (χ0) is 10.7. The van der Waals surface area contributed by atoms with Crippen molar-refractivity contribution in [3.8, 4) is 5.75 Å². The molecule has 0 unspecified atom stereocenters. The number of phenols is 1. The Morgan fingerprint density at radius 2 is 2.21 bits per heavy atom. The number of benzene rings is 1. The fourth-order valence-corrected chi connectivity index (χ4v) is 1.06. The van der Waals surface area contributed by atoms with E-state index in [4.69, 9.17) is 5.73 Å². The van der Waals surface area contributed by atoms with Crippen molar-refractivity contribution in [1.82, 2.24) is 0 Å². The molecule has 0 aliphatic heterocycles. The normalized spacial score (nSPS) is 10.7. The molecule has 1 aromatic carbocycles. The minimum Gasteiger partial charge on any atom is -0.507 e. The van der Waals surface area contributed by atoms with Crippen LogP contribution >= 0.6 is 0 Å². The summed E-state index contributed by atoms with van der Waals surface area (Å²) in [4.78, 5) is 10.4. The summed E-state index contributed by atoms with van der Waals surface area (Å²) in [6.07, 6.45) is 2.34. The molecule has 1 rings (SSSR count). The number of hydrogen-bond donors (Lipinski definition) is 2. The lowest BCUT2D eigenvalue weighted by molar-refractivity contribution is -0.113. The molecule has 74 valence electrons. The summed E-state index contributed by atoms with van der Waals surface area (Å²) < 4.78 is 12.9. The second-order valence-electron chi connectivity index (χ2n) is 2.90. The van der Waals surface area contributed by atoms with Gasteiger partial charge < -0.3 is 10.8 Å². The molecule has 14 heavy (non-hydrogen) atoms. The van der Waals surface area contributed by atoms with Gasteiger partial charge in [-0.25, -0.2) is 4.39 Å². The summed E-state index contributed by atoms with van der Waals surface area (Å²) >= 11 is 0. The van der Waals surface area contributed by atoms with Gasteiger partial charge in [0, 0.05) is 11.6 Å². The topological polar surface area (TPSA) is 63.3 Å². The highest BCUT2D eigenvalue weighted by atomic mass is 19.1. The van der Waals surface area contributed by atoms with Crippen molar-refractivity contribution in [3.05, 3.63) is 35.2 Å². The number of aryl methyl sites for hydroxylation is 1. The van der Waals surface area contributed by atoms with E-state index >= 15 is 0 Å². The Morgan fingerprint density at radius 3 is 2.79 bits per heavy atom. The molecule has 0 saturated heterocycles. The minimum atomic E-state index is -0.647. The fourth-order valence-electron chi connectivity index (χ4n) is 1.06. The average Bonchev–Trinajstić information content (AvgIpc) is 2.08. The summed E-state index contributed by atoms with van der Waals surface area (Å²) in [6.45, 7) is 1.57. The summed E-state index contributed by atoms with van der Waals surface area (Å²) in [7, 11) is 0. The van der Waals surface area contributed by atoms with E-state index in [-0.39, 0.29) is 11.3 Å². The van der Waals surface area contributed by atoms with Crippen LogP contribution in [0.3, 0.4) is 0 Å². The standard InChI is InChI=1S/C10H10FNO2/c1-6-4-8(11)5-7(10(6)14)2-3-9(12)13/h2-5,14H,1H3,(H2,12,13)/b3-2+. The van der Waals surface area contributed by atoms with Crippen molar-refractivity contribution in [2.24, 2.45) is 5.73 Å². The van der Waals surface area contributed by atoms with E-state index in [2.05, 4.69) is 0 Å². The van der Waals surface area contributed by atoms with E-state index in [1.807, 2.05) is 0 Å². The van der Waals surface area contributed by atoms with Crippen LogP contribution in [0.4, 0.5) is 4.39 Å². The third-order valence-corrected chi connectivity index (χ3v) is 1.72. The number of amides is 1. The molecule has 3 N–H and O–H groups in total. The number of halogens is 1. The number of rotatable bonds is 2. The number of carbonyl (C=O) groups excluding carboxylic acids is 1. The first kappa shape index (κ1) is 10.2. The smallest absolute Gasteiger partial charge is 0.241 e. The Hall–Kier alpha value is -1.84. The maximum atomic E-state index is 12.9. The number of aromatic hydroxyl groups is 1. The van der Waals surface area contributed by atoms with Gasteiger partial charge in [0.15, 0.2) is 0 Å². The summed E-state index contributed by atoms with van der Waals surface area (Å²) in [6, 6.07) is 2.33. The van der Waals surface area contributed by atoms with E-state index in [0.717, 1.165) is 12.1 Å². The molecular formula is C10H10FNO2. The lowest BCUT2D eigenvalue weighted by Crippen LogP contribution is -2.05. The minimum absolute atomic E-state index is 0.0519. The molecule has 3 nitrogen and oxygen atoms in total. The Morgan fingerprint density at radius 1 is 1.57 bits per heavy atom. The van der Waals surface area contributed by atoms with Crippen LogP contribution in [0.15, 0.2) is 18.2 Å². The second-order valence-corrected chi connectivity index (χ2v) is 2.90. The van der Waals surface area contributed by atoms with Crippen molar-refractivity contribution in [2.75, 3.05) is 0 Å². The fraction of sp³-hybridized carbons (Fsp3) is 0.100. The molecular weight excluding hydrogens is 185 g/mol. The predicted octanol–water partition coefficient (Wildman–Crippen LogP) is 1.34.